The second kappa shape index (κ2) is 9.17. The number of carbonyl (C=O) groups is 2. The Hall–Kier alpha value is -3.07. The van der Waals surface area contributed by atoms with Gasteiger partial charge in [-0.1, -0.05) is 19.8 Å². The summed E-state index contributed by atoms with van der Waals surface area (Å²) in [6, 6.07) is -2.16. The van der Waals surface area contributed by atoms with Crippen LogP contribution in [0, 0.1) is 0 Å². The van der Waals surface area contributed by atoms with Crippen molar-refractivity contribution in [1.29, 1.82) is 0 Å². The first kappa shape index (κ1) is 21.6. The van der Waals surface area contributed by atoms with Crippen LogP contribution in [0.15, 0.2) is 6.33 Å². The molecule has 30 heavy (non-hydrogen) atoms. The summed E-state index contributed by atoms with van der Waals surface area (Å²) in [5.41, 5.74) is 11.0. The molecule has 0 bridgehead atoms. The number of unbranched alkanes of at least 4 members (excludes halogenated alkanes) is 1. The van der Waals surface area contributed by atoms with Crippen LogP contribution in [0.5, 0.6) is 0 Å². The van der Waals surface area contributed by atoms with Crippen LogP contribution in [0.4, 0.5) is 21.4 Å². The Morgan fingerprint density at radius 2 is 1.97 bits per heavy atom. The molecule has 0 aromatic carbocycles. The molecule has 0 radical (unpaired) electrons. The first-order valence-electron chi connectivity index (χ1n) is 9.47. The van der Waals surface area contributed by atoms with E-state index >= 15 is 0 Å². The molecule has 1 fully saturated rings. The van der Waals surface area contributed by atoms with Gasteiger partial charge in [-0.25, -0.2) is 31.3 Å². The largest absolute Gasteiger partial charge is 0.376 e. The zero-order valence-corrected chi connectivity index (χ0v) is 16.6. The number of fused-ring (bicyclic) bond motifs is 1. The lowest BCUT2D eigenvalue weighted by atomic mass is 10.0. The maximum absolute atomic E-state index is 11.6. The van der Waals surface area contributed by atoms with Crippen LogP contribution in [0.25, 0.3) is 11.2 Å². The molecule has 2 atom stereocenters. The van der Waals surface area contributed by atoms with Gasteiger partial charge in [0.15, 0.2) is 17.0 Å². The maximum atomic E-state index is 11.6. The predicted octanol–water partition coefficient (Wildman–Crippen LogP) is -0.509. The molecule has 3 rings (SSSR count). The van der Waals surface area contributed by atoms with Crippen molar-refractivity contribution < 1.29 is 19.1 Å². The zero-order valence-electron chi connectivity index (χ0n) is 16.6. The molecule has 0 saturated carbocycles. The van der Waals surface area contributed by atoms with E-state index in [1.54, 1.807) is 10.9 Å². The van der Waals surface area contributed by atoms with Gasteiger partial charge in [-0.15, -0.1) is 0 Å². The van der Waals surface area contributed by atoms with E-state index in [2.05, 4.69) is 21.9 Å². The summed E-state index contributed by atoms with van der Waals surface area (Å²) in [6.07, 6.45) is 3.96. The van der Waals surface area contributed by atoms with Crippen LogP contribution >= 0.6 is 0 Å². The second-order valence-electron chi connectivity index (χ2n) is 6.78. The Balaban J connectivity index is 2.15. The van der Waals surface area contributed by atoms with Gasteiger partial charge in [-0.2, -0.15) is 15.0 Å². The Bertz CT molecular complexity index is 913. The number of hydrazine groups is 2. The third kappa shape index (κ3) is 4.25. The zero-order chi connectivity index (χ0) is 21.8. The van der Waals surface area contributed by atoms with E-state index in [-0.39, 0.29) is 29.4 Å². The smallest absolute Gasteiger partial charge is 0.336 e. The van der Waals surface area contributed by atoms with E-state index in [1.165, 1.54) is 0 Å². The molecule has 2 unspecified atom stereocenters. The number of imidazole rings is 1. The van der Waals surface area contributed by atoms with Gasteiger partial charge < -0.3 is 25.5 Å². The SMILES string of the molecule is CCCCC(C1COCCO1)n1cnc2c(N(N)C(N)=O)nc(N(N)C(N)=O)nc21. The highest BCUT2D eigenvalue weighted by molar-refractivity contribution is 5.98. The topological polar surface area (TPSA) is 207 Å². The molecule has 3 heterocycles. The lowest BCUT2D eigenvalue weighted by Crippen LogP contribution is -2.45. The van der Waals surface area contributed by atoms with Crippen molar-refractivity contribution in [1.82, 2.24) is 19.5 Å². The van der Waals surface area contributed by atoms with Crippen molar-refractivity contribution in [3.05, 3.63) is 6.33 Å². The van der Waals surface area contributed by atoms with Gasteiger partial charge >= 0.3 is 12.1 Å². The fourth-order valence-electron chi connectivity index (χ4n) is 3.26. The van der Waals surface area contributed by atoms with Crippen LogP contribution in [0.3, 0.4) is 0 Å². The van der Waals surface area contributed by atoms with Gasteiger partial charge in [0, 0.05) is 0 Å². The van der Waals surface area contributed by atoms with Crippen LogP contribution in [-0.2, 0) is 9.47 Å². The highest BCUT2D eigenvalue weighted by Gasteiger charge is 2.30. The molecule has 0 spiro atoms. The monoisotopic (exact) mass is 422 g/mol. The quantitative estimate of drug-likeness (QED) is 0.257. The van der Waals surface area contributed by atoms with E-state index in [1.807, 2.05) is 0 Å². The predicted molar refractivity (Wildman–Crippen MR) is 107 cm³/mol. The molecule has 4 amide bonds. The van der Waals surface area contributed by atoms with E-state index in [0.29, 0.717) is 35.5 Å². The molecule has 14 nitrogen and oxygen atoms in total. The number of nitrogens with zero attached hydrogens (tertiary/aromatic N) is 6. The Morgan fingerprint density at radius 3 is 2.57 bits per heavy atom. The van der Waals surface area contributed by atoms with Gasteiger partial charge in [0.25, 0.3) is 5.95 Å². The molecule has 1 aliphatic heterocycles. The minimum Gasteiger partial charge on any atom is -0.376 e. The highest BCUT2D eigenvalue weighted by atomic mass is 16.6. The van der Waals surface area contributed by atoms with Crippen LogP contribution in [-0.4, -0.2) is 57.5 Å². The molecule has 1 aliphatic rings. The summed E-state index contributed by atoms with van der Waals surface area (Å²) < 4.78 is 13.3. The van der Waals surface area contributed by atoms with Crippen molar-refractivity contribution in [2.75, 3.05) is 29.8 Å². The second-order valence-corrected chi connectivity index (χ2v) is 6.78. The summed E-state index contributed by atoms with van der Waals surface area (Å²) in [5, 5.41) is 1.14. The fraction of sp³-hybridized carbons (Fsp3) is 0.562. The summed E-state index contributed by atoms with van der Waals surface area (Å²) in [4.78, 5) is 35.9. The number of anilines is 2. The molecular formula is C16H26N10O4. The van der Waals surface area contributed by atoms with Crippen molar-refractivity contribution in [2.45, 2.75) is 38.3 Å². The number of nitrogens with two attached hydrogens (primary N) is 4. The van der Waals surface area contributed by atoms with Gasteiger partial charge in [-0.3, -0.25) is 0 Å². The number of urea groups is 2. The van der Waals surface area contributed by atoms with Crippen molar-refractivity contribution in [3.63, 3.8) is 0 Å². The molecule has 2 aromatic heterocycles. The normalized spacial score (nSPS) is 17.6. The number of aromatic nitrogens is 4. The first-order valence-corrected chi connectivity index (χ1v) is 9.47. The Kier molecular flexibility index (Phi) is 6.61. The average molecular weight is 422 g/mol. The molecule has 0 aliphatic carbocycles. The van der Waals surface area contributed by atoms with Crippen molar-refractivity contribution in [3.8, 4) is 0 Å². The molecular weight excluding hydrogens is 396 g/mol. The third-order valence-electron chi connectivity index (χ3n) is 4.79. The van der Waals surface area contributed by atoms with E-state index in [9.17, 15) is 9.59 Å². The minimum atomic E-state index is -0.999. The van der Waals surface area contributed by atoms with Gasteiger partial charge in [-0.05, 0) is 6.42 Å². The van der Waals surface area contributed by atoms with E-state index < -0.39 is 12.1 Å². The van der Waals surface area contributed by atoms with Gasteiger partial charge in [0.2, 0.25) is 0 Å². The minimum absolute atomic E-state index is 0.118. The van der Waals surface area contributed by atoms with Crippen molar-refractivity contribution in [2.24, 2.45) is 23.2 Å². The molecule has 1 saturated heterocycles. The van der Waals surface area contributed by atoms with Crippen LogP contribution < -0.4 is 33.2 Å². The van der Waals surface area contributed by atoms with E-state index in [0.717, 1.165) is 19.3 Å². The maximum Gasteiger partial charge on any atom is 0.336 e. The average Bonchev–Trinajstić information content (AvgIpc) is 3.16. The van der Waals surface area contributed by atoms with Gasteiger partial charge in [0.05, 0.1) is 32.2 Å². The van der Waals surface area contributed by atoms with E-state index in [4.69, 9.17) is 32.6 Å². The summed E-state index contributed by atoms with van der Waals surface area (Å²) in [7, 11) is 0. The Labute approximate surface area is 172 Å². The van der Waals surface area contributed by atoms with Gasteiger partial charge in [0.1, 0.15) is 6.10 Å². The number of hydrogen-bond donors (Lipinski definition) is 4. The molecule has 164 valence electrons. The number of carbonyl (C=O) groups excluding carboxylic acids is 2. The lowest BCUT2D eigenvalue weighted by Gasteiger charge is -2.31. The molecule has 14 heteroatoms. The number of primary amides is 2. The fourth-order valence-corrected chi connectivity index (χ4v) is 3.26. The third-order valence-corrected chi connectivity index (χ3v) is 4.79. The summed E-state index contributed by atoms with van der Waals surface area (Å²) in [6.45, 7) is 3.49. The molecule has 2 aromatic rings. The molecule has 8 N–H and O–H groups in total. The Morgan fingerprint density at radius 1 is 1.23 bits per heavy atom. The van der Waals surface area contributed by atoms with Crippen LogP contribution in [0.2, 0.25) is 0 Å². The number of hydrogen-bond acceptors (Lipinski definition) is 9. The highest BCUT2D eigenvalue weighted by Crippen LogP contribution is 2.30. The number of ether oxygens (including phenoxy) is 2. The summed E-state index contributed by atoms with van der Waals surface area (Å²) in [5.74, 6) is 11.0. The number of amides is 4. The first-order chi connectivity index (χ1) is 14.3. The standard InChI is InChI=1S/C16H26N10O4/c1-2-3-4-9(10-7-29-5-6-30-10)24-8-21-11-12(24)22-16(26(20)15(18)28)23-13(11)25(19)14(17)27/h8-10H,2-7,19-20H2,1H3,(H2,17,27)(H2,18,28). The lowest BCUT2D eigenvalue weighted by molar-refractivity contribution is -0.108. The van der Waals surface area contributed by atoms with Crippen molar-refractivity contribution >= 4 is 35.0 Å². The summed E-state index contributed by atoms with van der Waals surface area (Å²) >= 11 is 0. The van der Waals surface area contributed by atoms with Crippen LogP contribution in [0.1, 0.15) is 32.2 Å². The number of rotatable bonds is 7.